The van der Waals surface area contributed by atoms with Gasteiger partial charge in [0.05, 0.1) is 23.6 Å². The number of rotatable bonds is 5. The van der Waals surface area contributed by atoms with Gasteiger partial charge in [-0.25, -0.2) is 9.37 Å². The third kappa shape index (κ3) is 4.08. The van der Waals surface area contributed by atoms with Crippen molar-refractivity contribution in [2.24, 2.45) is 0 Å². The van der Waals surface area contributed by atoms with E-state index in [9.17, 15) is 9.18 Å². The SMILES string of the molecule is Cc1c(-c2noc(-c3cnc(N4CCC(C)(F)C4)c(Cl)c3)n2)ccc2c1CCC2CC(=O)O. The number of fused-ring (bicyclic) bond motifs is 1. The van der Waals surface area contributed by atoms with E-state index in [4.69, 9.17) is 21.2 Å². The minimum atomic E-state index is -1.24. The fraction of sp³-hybridized carbons (Fsp3) is 0.417. The molecular formula is C24H24ClFN4O3. The van der Waals surface area contributed by atoms with Crippen LogP contribution in [0.1, 0.15) is 48.8 Å². The van der Waals surface area contributed by atoms with Crippen molar-refractivity contribution < 1.29 is 18.8 Å². The number of carbonyl (C=O) groups is 1. The van der Waals surface area contributed by atoms with Crippen molar-refractivity contribution in [3.05, 3.63) is 46.1 Å². The molecule has 3 heterocycles. The highest BCUT2D eigenvalue weighted by Crippen LogP contribution is 2.40. The van der Waals surface area contributed by atoms with Gasteiger partial charge in [-0.2, -0.15) is 4.98 Å². The topological polar surface area (TPSA) is 92.4 Å². The molecule has 1 N–H and O–H groups in total. The fourth-order valence-electron chi connectivity index (χ4n) is 4.97. The predicted octanol–water partition coefficient (Wildman–Crippen LogP) is 5.20. The first-order valence-electron chi connectivity index (χ1n) is 11.0. The summed E-state index contributed by atoms with van der Waals surface area (Å²) in [6, 6.07) is 5.62. The molecule has 2 aromatic heterocycles. The summed E-state index contributed by atoms with van der Waals surface area (Å²) < 4.78 is 19.7. The lowest BCUT2D eigenvalue weighted by atomic mass is 9.93. The Bertz CT molecular complexity index is 1240. The molecule has 1 aromatic carbocycles. The Morgan fingerprint density at radius 2 is 2.24 bits per heavy atom. The monoisotopic (exact) mass is 470 g/mol. The van der Waals surface area contributed by atoms with Crippen LogP contribution in [0.5, 0.6) is 0 Å². The first kappa shape index (κ1) is 21.8. The molecule has 7 nitrogen and oxygen atoms in total. The average molecular weight is 471 g/mol. The van der Waals surface area contributed by atoms with Gasteiger partial charge >= 0.3 is 5.97 Å². The number of pyridine rings is 1. The first-order valence-corrected chi connectivity index (χ1v) is 11.4. The average Bonchev–Trinajstić information content (AvgIpc) is 3.47. The minimum Gasteiger partial charge on any atom is -0.481 e. The van der Waals surface area contributed by atoms with Crippen LogP contribution in [0, 0.1) is 6.92 Å². The number of hydrogen-bond acceptors (Lipinski definition) is 6. The van der Waals surface area contributed by atoms with Crippen LogP contribution in [0.4, 0.5) is 10.2 Å². The van der Waals surface area contributed by atoms with Crippen LogP contribution in [0.25, 0.3) is 22.8 Å². The second-order valence-corrected chi connectivity index (χ2v) is 9.58. The molecule has 172 valence electrons. The molecule has 1 fully saturated rings. The van der Waals surface area contributed by atoms with Gasteiger partial charge in [-0.05, 0) is 55.4 Å². The van der Waals surface area contributed by atoms with Crippen molar-refractivity contribution in [3.8, 4) is 22.8 Å². The summed E-state index contributed by atoms with van der Waals surface area (Å²) in [6.07, 6.45) is 3.87. The van der Waals surface area contributed by atoms with E-state index in [0.717, 1.165) is 29.5 Å². The number of hydrogen-bond donors (Lipinski definition) is 1. The molecule has 0 spiro atoms. The number of halogens is 2. The lowest BCUT2D eigenvalue weighted by Gasteiger charge is -2.19. The summed E-state index contributed by atoms with van der Waals surface area (Å²) in [5, 5.41) is 13.7. The molecule has 2 atom stereocenters. The molecule has 3 aromatic rings. The van der Waals surface area contributed by atoms with Crippen molar-refractivity contribution in [1.29, 1.82) is 0 Å². The van der Waals surface area contributed by atoms with Gasteiger partial charge in [0.2, 0.25) is 5.82 Å². The van der Waals surface area contributed by atoms with Crippen molar-refractivity contribution in [2.45, 2.75) is 51.1 Å². The zero-order valence-corrected chi connectivity index (χ0v) is 19.2. The third-order valence-electron chi connectivity index (χ3n) is 6.70. The van der Waals surface area contributed by atoms with Crippen LogP contribution in [-0.2, 0) is 11.2 Å². The van der Waals surface area contributed by atoms with Crippen molar-refractivity contribution in [3.63, 3.8) is 0 Å². The lowest BCUT2D eigenvalue weighted by Crippen LogP contribution is -2.26. The highest BCUT2D eigenvalue weighted by atomic mass is 35.5. The maximum atomic E-state index is 14.2. The van der Waals surface area contributed by atoms with E-state index < -0.39 is 11.6 Å². The molecule has 1 aliphatic carbocycles. The number of aromatic nitrogens is 3. The Labute approximate surface area is 195 Å². The van der Waals surface area contributed by atoms with Crippen LogP contribution in [-0.4, -0.2) is 45.0 Å². The number of aliphatic carboxylic acids is 1. The number of alkyl halides is 1. The molecule has 0 bridgehead atoms. The third-order valence-corrected chi connectivity index (χ3v) is 6.98. The Hall–Kier alpha value is -3.00. The number of nitrogens with zero attached hydrogens (tertiary/aromatic N) is 4. The van der Waals surface area contributed by atoms with Crippen LogP contribution in [0.2, 0.25) is 5.02 Å². The quantitative estimate of drug-likeness (QED) is 0.547. The highest BCUT2D eigenvalue weighted by Gasteiger charge is 2.35. The fourth-order valence-corrected chi connectivity index (χ4v) is 5.25. The van der Waals surface area contributed by atoms with Gasteiger partial charge in [0.25, 0.3) is 5.89 Å². The summed E-state index contributed by atoms with van der Waals surface area (Å²) in [4.78, 5) is 22.0. The number of carboxylic acids is 1. The standard InChI is InChI=1S/C24H24ClFN4O3/c1-13-16-4-3-14(10-20(31)32)18(16)6-5-17(13)21-28-23(33-29-21)15-9-19(25)22(27-11-15)30-8-7-24(2,26)12-30/h5-6,9,11,14H,3-4,7-8,10,12H2,1-2H3,(H,31,32). The van der Waals surface area contributed by atoms with Crippen LogP contribution in [0.15, 0.2) is 28.9 Å². The second kappa shape index (κ2) is 8.09. The lowest BCUT2D eigenvalue weighted by molar-refractivity contribution is -0.137. The highest BCUT2D eigenvalue weighted by molar-refractivity contribution is 6.33. The normalized spacial score (nSPS) is 22.1. The van der Waals surface area contributed by atoms with E-state index in [2.05, 4.69) is 15.1 Å². The maximum Gasteiger partial charge on any atom is 0.303 e. The Morgan fingerprint density at radius 3 is 2.94 bits per heavy atom. The van der Waals surface area contributed by atoms with E-state index in [1.54, 1.807) is 19.2 Å². The van der Waals surface area contributed by atoms with E-state index in [1.165, 1.54) is 5.56 Å². The molecule has 1 saturated heterocycles. The van der Waals surface area contributed by atoms with Gasteiger partial charge in [0, 0.05) is 24.7 Å². The maximum absolute atomic E-state index is 14.2. The van der Waals surface area contributed by atoms with Gasteiger partial charge < -0.3 is 14.5 Å². The smallest absolute Gasteiger partial charge is 0.303 e. The van der Waals surface area contributed by atoms with E-state index in [1.807, 2.05) is 24.0 Å². The van der Waals surface area contributed by atoms with Crippen LogP contribution < -0.4 is 4.90 Å². The van der Waals surface area contributed by atoms with Crippen molar-refractivity contribution >= 4 is 23.4 Å². The zero-order chi connectivity index (χ0) is 23.3. The van der Waals surface area contributed by atoms with Crippen LogP contribution >= 0.6 is 11.6 Å². The summed E-state index contributed by atoms with van der Waals surface area (Å²) in [7, 11) is 0. The summed E-state index contributed by atoms with van der Waals surface area (Å²) >= 11 is 6.46. The number of carboxylic acid groups (broad SMARTS) is 1. The largest absolute Gasteiger partial charge is 0.481 e. The van der Waals surface area contributed by atoms with E-state index >= 15 is 0 Å². The summed E-state index contributed by atoms with van der Waals surface area (Å²) in [5.74, 6) is 0.570. The van der Waals surface area contributed by atoms with Crippen LogP contribution in [0.3, 0.4) is 0 Å². The van der Waals surface area contributed by atoms with Gasteiger partial charge in [-0.1, -0.05) is 28.9 Å². The minimum absolute atomic E-state index is 0.0451. The van der Waals surface area contributed by atoms with Gasteiger partial charge in [-0.3, -0.25) is 4.79 Å². The Balaban J connectivity index is 1.40. The molecule has 5 rings (SSSR count). The Morgan fingerprint density at radius 1 is 1.42 bits per heavy atom. The molecule has 0 amide bonds. The predicted molar refractivity (Wildman–Crippen MR) is 122 cm³/mol. The first-order chi connectivity index (χ1) is 15.7. The molecule has 0 saturated carbocycles. The van der Waals surface area contributed by atoms with E-state index in [-0.39, 0.29) is 18.9 Å². The van der Waals surface area contributed by atoms with E-state index in [0.29, 0.717) is 41.1 Å². The van der Waals surface area contributed by atoms with Gasteiger partial charge in [0.15, 0.2) is 0 Å². The Kier molecular flexibility index (Phi) is 5.35. The molecular weight excluding hydrogens is 447 g/mol. The summed E-state index contributed by atoms with van der Waals surface area (Å²) in [5.41, 5.74) is 3.51. The van der Waals surface area contributed by atoms with Gasteiger partial charge in [0.1, 0.15) is 11.5 Å². The molecule has 2 aliphatic rings. The molecule has 1 aliphatic heterocycles. The summed E-state index contributed by atoms with van der Waals surface area (Å²) in [6.45, 7) is 4.42. The van der Waals surface area contributed by atoms with Gasteiger partial charge in [-0.15, -0.1) is 0 Å². The molecule has 2 unspecified atom stereocenters. The molecule has 0 radical (unpaired) electrons. The van der Waals surface area contributed by atoms with Crippen molar-refractivity contribution in [1.82, 2.24) is 15.1 Å². The second-order valence-electron chi connectivity index (χ2n) is 9.18. The number of benzene rings is 1. The molecule has 33 heavy (non-hydrogen) atoms. The number of anilines is 1. The van der Waals surface area contributed by atoms with Crippen molar-refractivity contribution in [2.75, 3.05) is 18.0 Å². The zero-order valence-electron chi connectivity index (χ0n) is 18.4. The molecule has 9 heteroatoms.